The molecule has 0 radical (unpaired) electrons. The van der Waals surface area contributed by atoms with Crippen LogP contribution in [-0.4, -0.2) is 31.5 Å². The number of unbranched alkanes of at least 4 members (excludes halogenated alkanes) is 3. The van der Waals surface area contributed by atoms with Gasteiger partial charge in [-0.1, -0.05) is 0 Å². The van der Waals surface area contributed by atoms with Crippen molar-refractivity contribution in [1.29, 1.82) is 0 Å². The quantitative estimate of drug-likeness (QED) is 0.163. The van der Waals surface area contributed by atoms with Gasteiger partial charge in [-0.3, -0.25) is 0 Å². The molecule has 0 aliphatic rings. The van der Waals surface area contributed by atoms with Crippen molar-refractivity contribution in [1.82, 2.24) is 0 Å². The van der Waals surface area contributed by atoms with Gasteiger partial charge in [0, 0.05) is 0 Å². The zero-order valence-corrected chi connectivity index (χ0v) is 19.0. The molecule has 3 heteroatoms. The third-order valence-corrected chi connectivity index (χ3v) is 23.2. The van der Waals surface area contributed by atoms with Crippen LogP contribution in [0.3, 0.4) is 0 Å². The van der Waals surface area contributed by atoms with Gasteiger partial charge < -0.3 is 0 Å². The van der Waals surface area contributed by atoms with E-state index < -0.39 is 18.4 Å². The molecule has 0 saturated carbocycles. The molecular formula is C20H40O2Sn. The van der Waals surface area contributed by atoms with Gasteiger partial charge in [0.05, 0.1) is 0 Å². The van der Waals surface area contributed by atoms with Crippen LogP contribution >= 0.6 is 0 Å². The zero-order valence-electron chi connectivity index (χ0n) is 16.2. The summed E-state index contributed by atoms with van der Waals surface area (Å²) in [5, 5.41) is 0. The zero-order chi connectivity index (χ0) is 17.6. The molecule has 1 atom stereocenters. The SMILES string of the molecule is C=CCC[CH](CC(=O)OC)[Sn]([CH2]CCC)([CH2]CCC)[CH2]CCC. The summed E-state index contributed by atoms with van der Waals surface area (Å²) in [6.45, 7) is 10.8. The van der Waals surface area contributed by atoms with Crippen LogP contribution in [0.5, 0.6) is 0 Å². The minimum absolute atomic E-state index is 0.00429. The van der Waals surface area contributed by atoms with E-state index in [9.17, 15) is 4.79 Å². The second-order valence-electron chi connectivity index (χ2n) is 7.02. The first-order valence-electron chi connectivity index (χ1n) is 9.77. The molecule has 0 heterocycles. The molecule has 0 N–H and O–H groups in total. The van der Waals surface area contributed by atoms with Crippen molar-refractivity contribution in [2.24, 2.45) is 0 Å². The second-order valence-corrected chi connectivity index (χ2v) is 21.4. The molecular weight excluding hydrogens is 391 g/mol. The van der Waals surface area contributed by atoms with Crippen molar-refractivity contribution in [2.45, 2.75) is 95.8 Å². The van der Waals surface area contributed by atoms with Crippen LogP contribution < -0.4 is 0 Å². The van der Waals surface area contributed by atoms with E-state index in [1.165, 1.54) is 58.9 Å². The first kappa shape index (κ1) is 23.0. The molecule has 0 fully saturated rings. The Morgan fingerprint density at radius 1 is 1.04 bits per heavy atom. The fourth-order valence-corrected chi connectivity index (χ4v) is 22.4. The fraction of sp³-hybridized carbons (Fsp3) is 0.850. The predicted octanol–water partition coefficient (Wildman–Crippen LogP) is 6.74. The summed E-state index contributed by atoms with van der Waals surface area (Å²) in [6.07, 6.45) is 12.8. The van der Waals surface area contributed by atoms with Crippen molar-refractivity contribution in [2.75, 3.05) is 7.11 Å². The summed E-state index contributed by atoms with van der Waals surface area (Å²) in [7, 11) is 1.54. The molecule has 0 aromatic heterocycles. The molecule has 136 valence electrons. The molecule has 0 amide bonds. The van der Waals surface area contributed by atoms with E-state index in [0.717, 1.165) is 12.8 Å². The van der Waals surface area contributed by atoms with Crippen LogP contribution in [0.1, 0.15) is 78.6 Å². The maximum absolute atomic E-state index is 12.0. The Labute approximate surface area is 149 Å². The summed E-state index contributed by atoms with van der Waals surface area (Å²) < 4.78 is 10.1. The topological polar surface area (TPSA) is 26.3 Å². The number of carbonyl (C=O) groups excluding carboxylic acids is 1. The molecule has 23 heavy (non-hydrogen) atoms. The van der Waals surface area contributed by atoms with Crippen molar-refractivity contribution < 1.29 is 9.53 Å². The average Bonchev–Trinajstić information content (AvgIpc) is 2.58. The van der Waals surface area contributed by atoms with Crippen LogP contribution in [0.25, 0.3) is 0 Å². The number of hydrogen-bond donors (Lipinski definition) is 0. The Bertz CT molecular complexity index is 293. The number of carbonyl (C=O) groups is 1. The molecule has 0 spiro atoms. The number of hydrogen-bond acceptors (Lipinski definition) is 2. The van der Waals surface area contributed by atoms with E-state index in [1.807, 2.05) is 6.08 Å². The Kier molecular flexibility index (Phi) is 14.4. The van der Waals surface area contributed by atoms with E-state index in [4.69, 9.17) is 4.74 Å². The Balaban J connectivity index is 5.39. The number of ether oxygens (including phenoxy) is 1. The van der Waals surface area contributed by atoms with Crippen LogP contribution in [-0.2, 0) is 9.53 Å². The molecule has 0 aliphatic heterocycles. The van der Waals surface area contributed by atoms with Gasteiger partial charge in [-0.25, -0.2) is 0 Å². The molecule has 0 aromatic carbocycles. The maximum atomic E-state index is 12.0. The molecule has 0 saturated heterocycles. The monoisotopic (exact) mass is 432 g/mol. The van der Waals surface area contributed by atoms with Gasteiger partial charge in [-0.15, -0.1) is 0 Å². The van der Waals surface area contributed by atoms with Gasteiger partial charge in [0.2, 0.25) is 0 Å². The molecule has 1 unspecified atom stereocenters. The predicted molar refractivity (Wildman–Crippen MR) is 105 cm³/mol. The van der Waals surface area contributed by atoms with Gasteiger partial charge in [0.25, 0.3) is 0 Å². The number of rotatable bonds is 15. The summed E-state index contributed by atoms with van der Waals surface area (Å²) in [6, 6.07) is 0. The first-order chi connectivity index (χ1) is 11.1. The summed E-state index contributed by atoms with van der Waals surface area (Å²) >= 11 is -2.35. The van der Waals surface area contributed by atoms with Crippen molar-refractivity contribution in [3.8, 4) is 0 Å². The molecule has 0 rings (SSSR count). The Morgan fingerprint density at radius 3 is 1.87 bits per heavy atom. The van der Waals surface area contributed by atoms with Gasteiger partial charge in [0.15, 0.2) is 0 Å². The van der Waals surface area contributed by atoms with E-state index in [2.05, 4.69) is 27.4 Å². The fourth-order valence-electron chi connectivity index (χ4n) is 3.80. The third kappa shape index (κ3) is 9.16. The van der Waals surface area contributed by atoms with E-state index >= 15 is 0 Å². The van der Waals surface area contributed by atoms with Crippen molar-refractivity contribution >= 4 is 24.3 Å². The van der Waals surface area contributed by atoms with Crippen LogP contribution in [0.4, 0.5) is 0 Å². The van der Waals surface area contributed by atoms with Crippen molar-refractivity contribution in [3.63, 3.8) is 0 Å². The minimum atomic E-state index is -2.35. The van der Waals surface area contributed by atoms with Gasteiger partial charge in [-0.05, 0) is 0 Å². The summed E-state index contributed by atoms with van der Waals surface area (Å²) in [4.78, 5) is 12.0. The molecule has 0 bridgehead atoms. The van der Waals surface area contributed by atoms with E-state index in [0.29, 0.717) is 10.4 Å². The normalized spacial score (nSPS) is 12.9. The average molecular weight is 431 g/mol. The first-order valence-corrected chi connectivity index (χ1v) is 17.5. The summed E-state index contributed by atoms with van der Waals surface area (Å²) in [5.74, 6) is 0.00429. The standard InChI is InChI=1S/C8H13O2.3C4H9.Sn/c1-3-4-5-6-7-8(9)10-2;3*1-3-4-2;/h3,6H,1,4-5,7H2,2H3;3*1,3-4H2,2H3;. The third-order valence-electron chi connectivity index (χ3n) is 5.31. The Hall–Kier alpha value is 0.00870. The van der Waals surface area contributed by atoms with Crippen LogP contribution in [0.2, 0.25) is 17.2 Å². The second kappa shape index (κ2) is 14.4. The van der Waals surface area contributed by atoms with Crippen LogP contribution in [0.15, 0.2) is 12.7 Å². The van der Waals surface area contributed by atoms with E-state index in [1.54, 1.807) is 0 Å². The van der Waals surface area contributed by atoms with Gasteiger partial charge >= 0.3 is 149 Å². The molecule has 0 aromatic rings. The molecule has 2 nitrogen and oxygen atoms in total. The number of esters is 1. The van der Waals surface area contributed by atoms with Gasteiger partial charge in [0.1, 0.15) is 0 Å². The Morgan fingerprint density at radius 2 is 1.52 bits per heavy atom. The van der Waals surface area contributed by atoms with Crippen molar-refractivity contribution in [3.05, 3.63) is 12.7 Å². The number of allylic oxidation sites excluding steroid dienone is 1. The van der Waals surface area contributed by atoms with Crippen LogP contribution in [0, 0.1) is 0 Å². The number of methoxy groups -OCH3 is 1. The van der Waals surface area contributed by atoms with Gasteiger partial charge in [-0.2, -0.15) is 0 Å². The molecule has 0 aliphatic carbocycles. The summed E-state index contributed by atoms with van der Waals surface area (Å²) in [5.41, 5.74) is 0. The van der Waals surface area contributed by atoms with E-state index in [-0.39, 0.29) is 5.97 Å².